The molecule has 7 heteroatoms. The van der Waals surface area contributed by atoms with Crippen molar-refractivity contribution in [3.8, 4) is 11.3 Å². The Morgan fingerprint density at radius 3 is 3.05 bits per heavy atom. The van der Waals surface area contributed by atoms with Crippen LogP contribution in [0.4, 0.5) is 21.6 Å². The standard InChI is InChI=1S/C14H12FN5S/c1-7-17-12-9-5-8(19-21-2)6-10(15)11(9)18-14-13(12)20(7)4-3-16-14/h3-6,19H,1-2H3,(H,16,18). The van der Waals surface area contributed by atoms with Gasteiger partial charge in [0.05, 0.1) is 5.69 Å². The molecule has 5 nitrogen and oxygen atoms in total. The fraction of sp³-hybridized carbons (Fsp3) is 0.143. The van der Waals surface area contributed by atoms with Gasteiger partial charge in [0.1, 0.15) is 22.9 Å². The Morgan fingerprint density at radius 1 is 1.38 bits per heavy atom. The molecule has 0 bridgehead atoms. The average molecular weight is 301 g/mol. The Bertz CT molecular complexity index is 873. The Morgan fingerprint density at radius 2 is 2.24 bits per heavy atom. The van der Waals surface area contributed by atoms with Gasteiger partial charge < -0.3 is 10.0 Å². The van der Waals surface area contributed by atoms with Crippen molar-refractivity contribution in [1.82, 2.24) is 14.4 Å². The van der Waals surface area contributed by atoms with E-state index in [1.807, 2.05) is 29.8 Å². The third-order valence-corrected chi connectivity index (χ3v) is 3.98. The molecular weight excluding hydrogens is 289 g/mol. The molecule has 0 unspecified atom stereocenters. The number of fused-ring (bicyclic) bond motifs is 2. The van der Waals surface area contributed by atoms with Crippen LogP contribution in [0.25, 0.3) is 16.8 Å². The summed E-state index contributed by atoms with van der Waals surface area (Å²) in [6.45, 7) is 1.92. The van der Waals surface area contributed by atoms with Crippen molar-refractivity contribution in [3.63, 3.8) is 0 Å². The minimum Gasteiger partial charge on any atom is -0.335 e. The number of imidazole rings is 1. The molecule has 1 aromatic carbocycles. The van der Waals surface area contributed by atoms with Crippen molar-refractivity contribution in [1.29, 1.82) is 0 Å². The molecule has 1 aliphatic rings. The summed E-state index contributed by atoms with van der Waals surface area (Å²) in [5.74, 6) is 1.16. The Labute approximate surface area is 124 Å². The van der Waals surface area contributed by atoms with E-state index in [9.17, 15) is 4.39 Å². The minimum atomic E-state index is -0.320. The number of benzene rings is 1. The summed E-state index contributed by atoms with van der Waals surface area (Å²) >= 11 is 1.42. The van der Waals surface area contributed by atoms with Crippen molar-refractivity contribution < 1.29 is 4.39 Å². The van der Waals surface area contributed by atoms with Crippen molar-refractivity contribution in [2.45, 2.75) is 6.92 Å². The maximum atomic E-state index is 14.4. The number of hydrogen-bond donors (Lipinski definition) is 2. The number of aromatic nitrogens is 3. The second kappa shape index (κ2) is 4.36. The topological polar surface area (TPSA) is 54.2 Å². The third kappa shape index (κ3) is 1.70. The van der Waals surface area contributed by atoms with E-state index >= 15 is 0 Å². The van der Waals surface area contributed by atoms with E-state index in [-0.39, 0.29) is 5.82 Å². The second-order valence-electron chi connectivity index (χ2n) is 4.81. The Balaban J connectivity index is 2.06. The summed E-state index contributed by atoms with van der Waals surface area (Å²) in [6.07, 6.45) is 5.44. The van der Waals surface area contributed by atoms with E-state index in [1.165, 1.54) is 18.0 Å². The molecule has 0 amide bonds. The van der Waals surface area contributed by atoms with Gasteiger partial charge in [-0.2, -0.15) is 0 Å². The molecule has 0 atom stereocenters. The summed E-state index contributed by atoms with van der Waals surface area (Å²) in [6, 6.07) is 3.37. The molecular formula is C14H12FN5S. The van der Waals surface area contributed by atoms with Gasteiger partial charge in [-0.1, -0.05) is 11.9 Å². The van der Waals surface area contributed by atoms with Gasteiger partial charge in [-0.15, -0.1) is 0 Å². The first-order chi connectivity index (χ1) is 10.2. The van der Waals surface area contributed by atoms with Crippen molar-refractivity contribution >= 4 is 34.7 Å². The summed E-state index contributed by atoms with van der Waals surface area (Å²) in [4.78, 5) is 8.88. The zero-order valence-corrected chi connectivity index (χ0v) is 12.3. The molecule has 21 heavy (non-hydrogen) atoms. The number of hydrogen-bond acceptors (Lipinski definition) is 5. The van der Waals surface area contributed by atoms with Crippen molar-refractivity contribution in [2.24, 2.45) is 0 Å². The fourth-order valence-corrected chi connectivity index (χ4v) is 3.04. The number of halogens is 1. The SMILES string of the molecule is CSNc1cc(F)c2c(c1)-c1nc(C)n3ccnc(c13)N2. The molecule has 106 valence electrons. The highest BCUT2D eigenvalue weighted by Gasteiger charge is 2.25. The van der Waals surface area contributed by atoms with Crippen LogP contribution < -0.4 is 10.0 Å². The van der Waals surface area contributed by atoms with E-state index in [0.29, 0.717) is 17.2 Å². The van der Waals surface area contributed by atoms with Gasteiger partial charge in [-0.25, -0.2) is 14.4 Å². The van der Waals surface area contributed by atoms with Crippen molar-refractivity contribution in [2.75, 3.05) is 16.3 Å². The number of aryl methyl sites for hydroxylation is 1. The average Bonchev–Trinajstić information content (AvgIpc) is 2.80. The Kier molecular flexibility index (Phi) is 2.58. The summed E-state index contributed by atoms with van der Waals surface area (Å²) < 4.78 is 19.4. The van der Waals surface area contributed by atoms with E-state index in [1.54, 1.807) is 6.20 Å². The minimum absolute atomic E-state index is 0.320. The van der Waals surface area contributed by atoms with Gasteiger partial charge >= 0.3 is 0 Å². The van der Waals surface area contributed by atoms with Gasteiger partial charge in [0.15, 0.2) is 5.82 Å². The lowest BCUT2D eigenvalue weighted by Gasteiger charge is -2.19. The van der Waals surface area contributed by atoms with Crippen molar-refractivity contribution in [3.05, 3.63) is 36.2 Å². The largest absolute Gasteiger partial charge is 0.335 e. The number of nitrogens with one attached hydrogen (secondary N) is 2. The molecule has 3 aromatic rings. The van der Waals surface area contributed by atoms with E-state index < -0.39 is 0 Å². The van der Waals surface area contributed by atoms with E-state index in [0.717, 1.165) is 22.6 Å². The first kappa shape index (κ1) is 12.5. The zero-order chi connectivity index (χ0) is 14.6. The van der Waals surface area contributed by atoms with Crippen LogP contribution in [0.5, 0.6) is 0 Å². The van der Waals surface area contributed by atoms with Gasteiger partial charge in [0, 0.05) is 36.0 Å². The summed E-state index contributed by atoms with van der Waals surface area (Å²) in [5.41, 5.74) is 3.52. The second-order valence-corrected chi connectivity index (χ2v) is 5.43. The smallest absolute Gasteiger partial charge is 0.157 e. The fourth-order valence-electron chi connectivity index (χ4n) is 2.68. The van der Waals surface area contributed by atoms with Crippen LogP contribution in [0.1, 0.15) is 5.82 Å². The molecule has 0 aliphatic carbocycles. The normalized spacial score (nSPS) is 12.1. The molecule has 4 rings (SSSR count). The van der Waals surface area contributed by atoms with Crippen LogP contribution in [-0.4, -0.2) is 20.6 Å². The first-order valence-corrected chi connectivity index (χ1v) is 7.65. The number of anilines is 3. The van der Waals surface area contributed by atoms with E-state index in [4.69, 9.17) is 0 Å². The maximum absolute atomic E-state index is 14.4. The zero-order valence-electron chi connectivity index (χ0n) is 11.4. The van der Waals surface area contributed by atoms with Gasteiger partial charge in [-0.05, 0) is 13.0 Å². The van der Waals surface area contributed by atoms with Crippen LogP contribution in [-0.2, 0) is 0 Å². The van der Waals surface area contributed by atoms with E-state index in [2.05, 4.69) is 20.0 Å². The summed E-state index contributed by atoms with van der Waals surface area (Å²) in [5, 5.41) is 3.07. The molecule has 0 saturated carbocycles. The molecule has 0 radical (unpaired) electrons. The molecule has 2 aromatic heterocycles. The van der Waals surface area contributed by atoms with Gasteiger partial charge in [0.25, 0.3) is 0 Å². The lowest BCUT2D eigenvalue weighted by Crippen LogP contribution is -2.06. The van der Waals surface area contributed by atoms with Crippen LogP contribution in [0.2, 0.25) is 0 Å². The lowest BCUT2D eigenvalue weighted by atomic mass is 10.0. The predicted octanol–water partition coefficient (Wildman–Crippen LogP) is 3.59. The molecule has 3 heterocycles. The molecule has 0 fully saturated rings. The Hall–Kier alpha value is -2.28. The van der Waals surface area contributed by atoms with Crippen LogP contribution in [0.15, 0.2) is 24.5 Å². The molecule has 1 aliphatic heterocycles. The van der Waals surface area contributed by atoms with Crippen LogP contribution in [0.3, 0.4) is 0 Å². The summed E-state index contributed by atoms with van der Waals surface area (Å²) in [7, 11) is 0. The maximum Gasteiger partial charge on any atom is 0.157 e. The third-order valence-electron chi connectivity index (χ3n) is 3.54. The van der Waals surface area contributed by atoms with Crippen LogP contribution >= 0.6 is 11.9 Å². The number of nitrogens with zero attached hydrogens (tertiary/aromatic N) is 3. The highest BCUT2D eigenvalue weighted by atomic mass is 32.2. The molecule has 0 spiro atoms. The van der Waals surface area contributed by atoms with Gasteiger partial charge in [0.2, 0.25) is 0 Å². The quantitative estimate of drug-likeness (QED) is 0.554. The first-order valence-electron chi connectivity index (χ1n) is 6.42. The molecule has 2 N–H and O–H groups in total. The highest BCUT2D eigenvalue weighted by Crippen LogP contribution is 2.43. The predicted molar refractivity (Wildman–Crippen MR) is 83.5 cm³/mol. The lowest BCUT2D eigenvalue weighted by molar-refractivity contribution is 0.632. The molecule has 0 saturated heterocycles. The van der Waals surface area contributed by atoms with Gasteiger partial charge in [-0.3, -0.25) is 4.40 Å². The highest BCUT2D eigenvalue weighted by molar-refractivity contribution is 7.99. The monoisotopic (exact) mass is 301 g/mol. The number of rotatable bonds is 2. The van der Waals surface area contributed by atoms with Crippen LogP contribution in [0, 0.1) is 12.7 Å².